The molecule has 1 aromatic heterocycles. The lowest BCUT2D eigenvalue weighted by Gasteiger charge is -2.22. The third-order valence-corrected chi connectivity index (χ3v) is 5.83. The summed E-state index contributed by atoms with van der Waals surface area (Å²) < 4.78 is 31.0. The molecule has 2 atom stereocenters. The molecule has 1 amide bonds. The van der Waals surface area contributed by atoms with Crippen LogP contribution in [0.25, 0.3) is 0 Å². The average molecular weight is 387 g/mol. The Morgan fingerprint density at radius 2 is 1.92 bits per heavy atom. The van der Waals surface area contributed by atoms with E-state index >= 15 is 0 Å². The summed E-state index contributed by atoms with van der Waals surface area (Å²) in [6.45, 7) is 3.24. The van der Waals surface area contributed by atoms with Gasteiger partial charge in [0.2, 0.25) is 15.9 Å². The van der Waals surface area contributed by atoms with Crippen LogP contribution in [-0.4, -0.2) is 56.4 Å². The lowest BCUT2D eigenvalue weighted by Crippen LogP contribution is -2.47. The number of sulfonamides is 1. The normalized spacial score (nSPS) is 13.9. The van der Waals surface area contributed by atoms with Gasteiger partial charge < -0.3 is 14.6 Å². The van der Waals surface area contributed by atoms with E-state index in [1.54, 1.807) is 6.92 Å². The lowest BCUT2D eigenvalue weighted by atomic mass is 9.99. The van der Waals surface area contributed by atoms with E-state index in [9.17, 15) is 22.8 Å². The van der Waals surface area contributed by atoms with Gasteiger partial charge in [-0.3, -0.25) is 9.59 Å². The van der Waals surface area contributed by atoms with Gasteiger partial charge in [-0.05, 0) is 12.0 Å². The summed E-state index contributed by atoms with van der Waals surface area (Å²) in [6.07, 6.45) is 1.74. The zero-order chi connectivity index (χ0) is 20.1. The van der Waals surface area contributed by atoms with Crippen LogP contribution in [0.4, 0.5) is 0 Å². The van der Waals surface area contributed by atoms with Crippen LogP contribution in [0.3, 0.4) is 0 Å². The molecule has 0 aliphatic heterocycles. The smallest absolute Gasteiger partial charge is 0.328 e. The molecule has 0 unspecified atom stereocenters. The predicted octanol–water partition coefficient (Wildman–Crippen LogP) is -0.197. The zero-order valence-corrected chi connectivity index (χ0v) is 16.4. The number of carbonyl (C=O) groups excluding carboxylic acids is 2. The Morgan fingerprint density at radius 1 is 1.31 bits per heavy atom. The highest BCUT2D eigenvalue weighted by Crippen LogP contribution is 2.11. The highest BCUT2D eigenvalue weighted by atomic mass is 32.2. The Hall–Kier alpha value is -2.20. The Labute approximate surface area is 153 Å². The topological polar surface area (TPSA) is 115 Å². The van der Waals surface area contributed by atoms with Gasteiger partial charge in [-0.2, -0.15) is 0 Å². The SMILES string of the molecule is CC[C@H](C)[C@H](NC(=O)Cn1cc(S(=O)(=O)N(C)C)ccc1=O)C(=O)OC. The van der Waals surface area contributed by atoms with Crippen molar-refractivity contribution < 1.29 is 22.7 Å². The van der Waals surface area contributed by atoms with Gasteiger partial charge in [-0.1, -0.05) is 20.3 Å². The van der Waals surface area contributed by atoms with Crippen molar-refractivity contribution in [2.24, 2.45) is 5.92 Å². The second-order valence-electron chi connectivity index (χ2n) is 6.07. The van der Waals surface area contributed by atoms with Crippen LogP contribution < -0.4 is 10.9 Å². The third kappa shape index (κ3) is 5.15. The van der Waals surface area contributed by atoms with Crippen molar-refractivity contribution in [3.8, 4) is 0 Å². The van der Waals surface area contributed by atoms with Gasteiger partial charge in [0.15, 0.2) is 0 Å². The molecule has 10 heteroatoms. The summed E-state index contributed by atoms with van der Waals surface area (Å²) >= 11 is 0. The Kier molecular flexibility index (Phi) is 7.52. The maximum absolute atomic E-state index is 12.3. The second kappa shape index (κ2) is 8.95. The van der Waals surface area contributed by atoms with Gasteiger partial charge in [-0.25, -0.2) is 17.5 Å². The Bertz CT molecular complexity index is 816. The molecule has 0 bridgehead atoms. The van der Waals surface area contributed by atoms with Gasteiger partial charge in [0.05, 0.1) is 12.0 Å². The van der Waals surface area contributed by atoms with Crippen LogP contribution in [0.15, 0.2) is 28.0 Å². The molecule has 0 spiro atoms. The van der Waals surface area contributed by atoms with Crippen molar-refractivity contribution in [1.82, 2.24) is 14.2 Å². The van der Waals surface area contributed by atoms with Crippen LogP contribution in [0, 0.1) is 5.92 Å². The monoisotopic (exact) mass is 387 g/mol. The molecule has 0 saturated carbocycles. The fourth-order valence-electron chi connectivity index (χ4n) is 2.17. The summed E-state index contributed by atoms with van der Waals surface area (Å²) in [7, 11) is 0.215. The molecule has 9 nitrogen and oxygen atoms in total. The number of hydrogen-bond donors (Lipinski definition) is 1. The summed E-state index contributed by atoms with van der Waals surface area (Å²) in [4.78, 5) is 36.0. The largest absolute Gasteiger partial charge is 0.467 e. The van der Waals surface area contributed by atoms with Crippen LogP contribution in [0.1, 0.15) is 20.3 Å². The fourth-order valence-corrected chi connectivity index (χ4v) is 3.09. The van der Waals surface area contributed by atoms with E-state index in [2.05, 4.69) is 5.32 Å². The quantitative estimate of drug-likeness (QED) is 0.618. The maximum Gasteiger partial charge on any atom is 0.328 e. The first-order chi connectivity index (χ1) is 12.0. The minimum atomic E-state index is -3.74. The first-order valence-corrected chi connectivity index (χ1v) is 9.48. The highest BCUT2D eigenvalue weighted by molar-refractivity contribution is 7.89. The fraction of sp³-hybridized carbons (Fsp3) is 0.562. The molecule has 0 aromatic carbocycles. The molecule has 0 aliphatic rings. The molecule has 1 aromatic rings. The zero-order valence-electron chi connectivity index (χ0n) is 15.6. The molecule has 0 fully saturated rings. The van der Waals surface area contributed by atoms with Crippen LogP contribution in [-0.2, 0) is 30.9 Å². The Balaban J connectivity index is 3.06. The number of carbonyl (C=O) groups is 2. The average Bonchev–Trinajstić information content (AvgIpc) is 2.59. The number of rotatable bonds is 8. The summed E-state index contributed by atoms with van der Waals surface area (Å²) in [5.41, 5.74) is -0.531. The first kappa shape index (κ1) is 21.8. The minimum absolute atomic E-state index is 0.110. The van der Waals surface area contributed by atoms with E-state index in [-0.39, 0.29) is 10.8 Å². The number of esters is 1. The summed E-state index contributed by atoms with van der Waals surface area (Å²) in [5.74, 6) is -1.34. The van der Waals surface area contributed by atoms with Gasteiger partial charge in [-0.15, -0.1) is 0 Å². The van der Waals surface area contributed by atoms with E-state index < -0.39 is 40.0 Å². The van der Waals surface area contributed by atoms with Gasteiger partial charge in [0, 0.05) is 26.4 Å². The molecule has 26 heavy (non-hydrogen) atoms. The molecular weight excluding hydrogens is 362 g/mol. The number of methoxy groups -OCH3 is 1. The van der Waals surface area contributed by atoms with E-state index in [1.165, 1.54) is 27.3 Å². The van der Waals surface area contributed by atoms with Gasteiger partial charge in [0.25, 0.3) is 5.56 Å². The van der Waals surface area contributed by atoms with E-state index in [0.29, 0.717) is 6.42 Å². The van der Waals surface area contributed by atoms with Gasteiger partial charge >= 0.3 is 5.97 Å². The van der Waals surface area contributed by atoms with Crippen molar-refractivity contribution in [1.29, 1.82) is 0 Å². The number of hydrogen-bond acceptors (Lipinski definition) is 6. The van der Waals surface area contributed by atoms with Crippen molar-refractivity contribution >= 4 is 21.9 Å². The molecule has 0 saturated heterocycles. The van der Waals surface area contributed by atoms with Crippen molar-refractivity contribution in [2.75, 3.05) is 21.2 Å². The summed E-state index contributed by atoms with van der Waals surface area (Å²) in [6, 6.07) is 1.42. The number of ether oxygens (including phenoxy) is 1. The number of amides is 1. The molecular formula is C16H25N3O6S. The molecule has 1 rings (SSSR count). The number of nitrogens with one attached hydrogen (secondary N) is 1. The number of nitrogens with zero attached hydrogens (tertiary/aromatic N) is 2. The third-order valence-electron chi connectivity index (χ3n) is 4.03. The maximum atomic E-state index is 12.3. The minimum Gasteiger partial charge on any atom is -0.467 e. The molecule has 1 heterocycles. The Morgan fingerprint density at radius 3 is 2.42 bits per heavy atom. The van der Waals surface area contributed by atoms with Crippen molar-refractivity contribution in [2.45, 2.75) is 37.8 Å². The van der Waals surface area contributed by atoms with Crippen LogP contribution >= 0.6 is 0 Å². The van der Waals surface area contributed by atoms with Crippen LogP contribution in [0.2, 0.25) is 0 Å². The first-order valence-electron chi connectivity index (χ1n) is 8.04. The lowest BCUT2D eigenvalue weighted by molar-refractivity contribution is -0.146. The molecule has 0 radical (unpaired) electrons. The van der Waals surface area contributed by atoms with Crippen molar-refractivity contribution in [3.63, 3.8) is 0 Å². The summed E-state index contributed by atoms with van der Waals surface area (Å²) in [5, 5.41) is 2.54. The van der Waals surface area contributed by atoms with Gasteiger partial charge in [0.1, 0.15) is 12.6 Å². The molecule has 1 N–H and O–H groups in total. The standard InChI is InChI=1S/C16H25N3O6S/c1-6-11(2)15(16(22)25-5)17-13(20)10-19-9-12(7-8-14(19)21)26(23,24)18(3)4/h7-9,11,15H,6,10H2,1-5H3,(H,17,20)/t11-,15-/m0/s1. The number of aromatic nitrogens is 1. The number of pyridine rings is 1. The molecule has 146 valence electrons. The highest BCUT2D eigenvalue weighted by Gasteiger charge is 2.27. The predicted molar refractivity (Wildman–Crippen MR) is 95.0 cm³/mol. The van der Waals surface area contributed by atoms with E-state index in [4.69, 9.17) is 4.74 Å². The molecule has 0 aliphatic carbocycles. The van der Waals surface area contributed by atoms with Crippen molar-refractivity contribution in [3.05, 3.63) is 28.7 Å². The van der Waals surface area contributed by atoms with E-state index in [0.717, 1.165) is 21.1 Å². The van der Waals surface area contributed by atoms with Crippen LogP contribution in [0.5, 0.6) is 0 Å². The van der Waals surface area contributed by atoms with E-state index in [1.807, 2.05) is 6.92 Å². The second-order valence-corrected chi connectivity index (χ2v) is 8.22.